The van der Waals surface area contributed by atoms with Gasteiger partial charge in [0.2, 0.25) is 5.91 Å². The van der Waals surface area contributed by atoms with Crippen LogP contribution in [0.1, 0.15) is 19.8 Å². The normalized spacial score (nSPS) is 11.4. The summed E-state index contributed by atoms with van der Waals surface area (Å²) in [4.78, 5) is 22.0. The molecule has 0 aromatic heterocycles. The third-order valence-corrected chi connectivity index (χ3v) is 2.27. The van der Waals surface area contributed by atoms with E-state index in [1.165, 1.54) is 0 Å². The van der Waals surface area contributed by atoms with Crippen molar-refractivity contribution in [2.75, 3.05) is 26.6 Å². The van der Waals surface area contributed by atoms with Gasteiger partial charge in [-0.15, -0.1) is 0 Å². The zero-order valence-corrected chi connectivity index (χ0v) is 11.9. The summed E-state index contributed by atoms with van der Waals surface area (Å²) in [6, 6.07) is 0. The second-order valence-electron chi connectivity index (χ2n) is 3.94. The average molecular weight is 285 g/mol. The Kier molecular flexibility index (Phi) is 11.4. The number of carbonyl (C=O) groups excluding carboxylic acids is 2. The highest BCUT2D eigenvalue weighted by molar-refractivity contribution is 5.86. The quantitative estimate of drug-likeness (QED) is 0.252. The molecule has 0 heterocycles. The summed E-state index contributed by atoms with van der Waals surface area (Å²) < 4.78 is 15.7. The lowest BCUT2D eigenvalue weighted by molar-refractivity contribution is -0.145. The van der Waals surface area contributed by atoms with Crippen LogP contribution in [0.15, 0.2) is 25.3 Å². The molecule has 1 N–H and O–H groups in total. The number of unbranched alkanes of at least 4 members (excludes halogenated alkanes) is 1. The van der Waals surface area contributed by atoms with Crippen LogP contribution in [0.25, 0.3) is 0 Å². The lowest BCUT2D eigenvalue weighted by Gasteiger charge is -2.17. The van der Waals surface area contributed by atoms with Gasteiger partial charge in [-0.1, -0.05) is 26.5 Å². The van der Waals surface area contributed by atoms with Crippen molar-refractivity contribution in [2.24, 2.45) is 0 Å². The molecule has 114 valence electrons. The molecule has 6 heteroatoms. The first kappa shape index (κ1) is 18.3. The summed E-state index contributed by atoms with van der Waals surface area (Å²) >= 11 is 0. The van der Waals surface area contributed by atoms with Crippen LogP contribution in [0.3, 0.4) is 0 Å². The molecule has 0 aliphatic rings. The Hall–Kier alpha value is -1.66. The van der Waals surface area contributed by atoms with Gasteiger partial charge in [-0.3, -0.25) is 4.79 Å². The second-order valence-corrected chi connectivity index (χ2v) is 3.94. The fourth-order valence-electron chi connectivity index (χ4n) is 1.14. The molecule has 0 saturated heterocycles. The van der Waals surface area contributed by atoms with Crippen LogP contribution in [-0.4, -0.2) is 44.5 Å². The molecule has 0 spiro atoms. The van der Waals surface area contributed by atoms with Crippen molar-refractivity contribution < 1.29 is 23.8 Å². The van der Waals surface area contributed by atoms with E-state index in [9.17, 15) is 9.59 Å². The smallest absolute Gasteiger partial charge is 0.330 e. The summed E-state index contributed by atoms with van der Waals surface area (Å²) in [5.74, 6) is -0.860. The SMILES string of the molecule is C=CC(=O)NCOC(COCCCC)COC(=O)C=C. The number of esters is 1. The van der Waals surface area contributed by atoms with E-state index in [0.29, 0.717) is 6.61 Å². The minimum Gasteiger partial charge on any atom is -0.460 e. The Morgan fingerprint density at radius 2 is 2.00 bits per heavy atom. The first-order chi connectivity index (χ1) is 9.63. The van der Waals surface area contributed by atoms with E-state index in [1.807, 2.05) is 0 Å². The third-order valence-electron chi connectivity index (χ3n) is 2.27. The minimum atomic E-state index is -0.526. The molecule has 0 saturated carbocycles. The third kappa shape index (κ3) is 10.3. The van der Waals surface area contributed by atoms with Crippen LogP contribution in [0.2, 0.25) is 0 Å². The first-order valence-electron chi connectivity index (χ1n) is 6.52. The van der Waals surface area contributed by atoms with Crippen molar-refractivity contribution in [3.05, 3.63) is 25.3 Å². The van der Waals surface area contributed by atoms with Crippen LogP contribution < -0.4 is 5.32 Å². The van der Waals surface area contributed by atoms with Crippen LogP contribution in [0.5, 0.6) is 0 Å². The molecule has 0 fully saturated rings. The standard InChI is InChI=1S/C14H23NO5/c1-4-7-8-18-9-12(10-19-14(17)6-3)20-11-15-13(16)5-2/h5-6,12H,2-4,7-11H2,1H3,(H,15,16). The molecule has 0 radical (unpaired) electrons. The Balaban J connectivity index is 4.02. The van der Waals surface area contributed by atoms with Gasteiger partial charge in [-0.2, -0.15) is 0 Å². The van der Waals surface area contributed by atoms with Crippen LogP contribution in [0.4, 0.5) is 0 Å². The van der Waals surface area contributed by atoms with Crippen molar-refractivity contribution in [3.63, 3.8) is 0 Å². The van der Waals surface area contributed by atoms with E-state index in [2.05, 4.69) is 25.4 Å². The number of rotatable bonds is 12. The van der Waals surface area contributed by atoms with Gasteiger partial charge in [0.05, 0.1) is 6.61 Å². The fraction of sp³-hybridized carbons (Fsp3) is 0.571. The van der Waals surface area contributed by atoms with Gasteiger partial charge in [0, 0.05) is 12.7 Å². The van der Waals surface area contributed by atoms with E-state index in [1.54, 1.807) is 0 Å². The van der Waals surface area contributed by atoms with Gasteiger partial charge in [-0.25, -0.2) is 4.79 Å². The topological polar surface area (TPSA) is 73.9 Å². The molecule has 0 aromatic rings. The lowest BCUT2D eigenvalue weighted by atomic mass is 10.3. The predicted octanol–water partition coefficient (Wildman–Crippen LogP) is 1.18. The first-order valence-corrected chi connectivity index (χ1v) is 6.52. The van der Waals surface area contributed by atoms with Gasteiger partial charge in [-0.05, 0) is 12.5 Å². The second kappa shape index (κ2) is 12.4. The van der Waals surface area contributed by atoms with Crippen LogP contribution >= 0.6 is 0 Å². The van der Waals surface area contributed by atoms with Gasteiger partial charge in [0.25, 0.3) is 0 Å². The van der Waals surface area contributed by atoms with Gasteiger partial charge < -0.3 is 19.5 Å². The zero-order valence-electron chi connectivity index (χ0n) is 11.9. The summed E-state index contributed by atoms with van der Waals surface area (Å²) in [6.07, 6.45) is 3.77. The van der Waals surface area contributed by atoms with Crippen LogP contribution in [-0.2, 0) is 23.8 Å². The lowest BCUT2D eigenvalue weighted by Crippen LogP contribution is -2.33. The molecule has 20 heavy (non-hydrogen) atoms. The highest BCUT2D eigenvalue weighted by Crippen LogP contribution is 1.97. The van der Waals surface area contributed by atoms with E-state index in [-0.39, 0.29) is 25.9 Å². The molecule has 0 aliphatic heterocycles. The Morgan fingerprint density at radius 3 is 2.60 bits per heavy atom. The zero-order chi connectivity index (χ0) is 15.2. The Labute approximate surface area is 119 Å². The van der Waals surface area contributed by atoms with E-state index >= 15 is 0 Å². The molecule has 6 nitrogen and oxygen atoms in total. The molecule has 0 bridgehead atoms. The molecule has 1 amide bonds. The monoisotopic (exact) mass is 285 g/mol. The number of amides is 1. The fourth-order valence-corrected chi connectivity index (χ4v) is 1.14. The molecule has 0 rings (SSSR count). The van der Waals surface area contributed by atoms with Gasteiger partial charge >= 0.3 is 5.97 Å². The Morgan fingerprint density at radius 1 is 1.25 bits per heavy atom. The molecular formula is C14H23NO5. The van der Waals surface area contributed by atoms with Crippen molar-refractivity contribution in [2.45, 2.75) is 25.9 Å². The number of ether oxygens (including phenoxy) is 3. The maximum Gasteiger partial charge on any atom is 0.330 e. The largest absolute Gasteiger partial charge is 0.460 e. The number of hydrogen-bond acceptors (Lipinski definition) is 5. The van der Waals surface area contributed by atoms with Crippen molar-refractivity contribution >= 4 is 11.9 Å². The van der Waals surface area contributed by atoms with E-state index in [0.717, 1.165) is 25.0 Å². The molecule has 1 atom stereocenters. The Bertz CT molecular complexity index is 317. The molecular weight excluding hydrogens is 262 g/mol. The maximum atomic E-state index is 11.0. The van der Waals surface area contributed by atoms with Crippen LogP contribution in [0, 0.1) is 0 Å². The van der Waals surface area contributed by atoms with E-state index in [4.69, 9.17) is 14.2 Å². The van der Waals surface area contributed by atoms with Gasteiger partial charge in [0.15, 0.2) is 0 Å². The van der Waals surface area contributed by atoms with E-state index < -0.39 is 12.1 Å². The van der Waals surface area contributed by atoms with Crippen molar-refractivity contribution in [1.29, 1.82) is 0 Å². The number of hydrogen-bond donors (Lipinski definition) is 1. The summed E-state index contributed by atoms with van der Waals surface area (Å²) in [7, 11) is 0. The number of carbonyl (C=O) groups is 2. The maximum absolute atomic E-state index is 11.0. The average Bonchev–Trinajstić information content (AvgIpc) is 2.47. The highest BCUT2D eigenvalue weighted by Gasteiger charge is 2.12. The summed E-state index contributed by atoms with van der Waals surface area (Å²) in [5, 5.41) is 2.47. The molecule has 1 unspecified atom stereocenters. The molecule has 0 aromatic carbocycles. The molecule has 0 aliphatic carbocycles. The predicted molar refractivity (Wildman–Crippen MR) is 75.0 cm³/mol. The minimum absolute atomic E-state index is 0.00169. The van der Waals surface area contributed by atoms with Gasteiger partial charge in [0.1, 0.15) is 19.4 Å². The van der Waals surface area contributed by atoms with Crippen molar-refractivity contribution in [1.82, 2.24) is 5.32 Å². The number of nitrogens with one attached hydrogen (secondary N) is 1. The highest BCUT2D eigenvalue weighted by atomic mass is 16.6. The van der Waals surface area contributed by atoms with Crippen molar-refractivity contribution in [3.8, 4) is 0 Å². The summed E-state index contributed by atoms with van der Waals surface area (Å²) in [6.45, 7) is 9.64. The summed E-state index contributed by atoms with van der Waals surface area (Å²) in [5.41, 5.74) is 0.